The number of hydrogen-bond acceptors (Lipinski definition) is 4. The number of nitrogens with one attached hydrogen (secondary N) is 1. The molecule has 3 aromatic rings. The van der Waals surface area contributed by atoms with Crippen molar-refractivity contribution in [3.8, 4) is 0 Å². The van der Waals surface area contributed by atoms with E-state index in [1.807, 2.05) is 0 Å². The number of carbonyl (C=O) groups is 3. The lowest BCUT2D eigenvalue weighted by Gasteiger charge is -2.19. The fourth-order valence-corrected chi connectivity index (χ4v) is 2.97. The molecule has 0 radical (unpaired) electrons. The molecule has 6 heteroatoms. The van der Waals surface area contributed by atoms with E-state index in [-0.39, 0.29) is 23.7 Å². The fourth-order valence-electron chi connectivity index (χ4n) is 2.84. The Kier molecular flexibility index (Phi) is 6.99. The minimum atomic E-state index is -1.16. The molecule has 1 atom stereocenters. The normalized spacial score (nSPS) is 11.4. The van der Waals surface area contributed by atoms with Gasteiger partial charge in [-0.3, -0.25) is 9.59 Å². The van der Waals surface area contributed by atoms with E-state index in [0.29, 0.717) is 21.8 Å². The molecule has 30 heavy (non-hydrogen) atoms. The van der Waals surface area contributed by atoms with E-state index < -0.39 is 12.1 Å². The summed E-state index contributed by atoms with van der Waals surface area (Å²) in [5, 5.41) is 3.18. The van der Waals surface area contributed by atoms with E-state index in [1.165, 1.54) is 0 Å². The lowest BCUT2D eigenvalue weighted by molar-refractivity contribution is -0.115. The van der Waals surface area contributed by atoms with Gasteiger partial charge in [0.25, 0.3) is 0 Å². The van der Waals surface area contributed by atoms with Gasteiger partial charge in [-0.1, -0.05) is 73.1 Å². The molecule has 152 valence electrons. The molecule has 5 nitrogen and oxygen atoms in total. The van der Waals surface area contributed by atoms with Crippen molar-refractivity contribution in [3.63, 3.8) is 0 Å². The number of ketones is 1. The third-order valence-electron chi connectivity index (χ3n) is 4.44. The molecular formula is C24H20ClNO4. The Morgan fingerprint density at radius 2 is 1.53 bits per heavy atom. The number of benzene rings is 3. The number of esters is 1. The molecule has 3 rings (SSSR count). The Morgan fingerprint density at radius 3 is 2.20 bits per heavy atom. The number of para-hydroxylation sites is 1. The average Bonchev–Trinajstić information content (AvgIpc) is 2.78. The Labute approximate surface area is 179 Å². The summed E-state index contributed by atoms with van der Waals surface area (Å²) in [5.74, 6) is -1.31. The van der Waals surface area contributed by atoms with E-state index in [2.05, 4.69) is 5.32 Å². The summed E-state index contributed by atoms with van der Waals surface area (Å²) in [6.45, 7) is 1.71. The number of rotatable bonds is 7. The zero-order valence-electron chi connectivity index (χ0n) is 16.3. The van der Waals surface area contributed by atoms with Gasteiger partial charge in [0.1, 0.15) is 0 Å². The number of halogens is 1. The molecule has 0 spiro atoms. The highest BCUT2D eigenvalue weighted by atomic mass is 35.5. The summed E-state index contributed by atoms with van der Waals surface area (Å²) in [7, 11) is 0. The lowest BCUT2D eigenvalue weighted by Crippen LogP contribution is -2.21. The molecule has 1 amide bonds. The molecule has 0 aliphatic heterocycles. The summed E-state index contributed by atoms with van der Waals surface area (Å²) >= 11 is 5.96. The number of Topliss-reactive ketones (excluding diaryl/α,β-unsaturated/α-hetero) is 1. The van der Waals surface area contributed by atoms with Crippen molar-refractivity contribution in [2.45, 2.75) is 19.4 Å². The smallest absolute Gasteiger partial charge is 0.341 e. The van der Waals surface area contributed by atoms with Crippen molar-refractivity contribution >= 4 is 34.9 Å². The SMILES string of the molecule is CCC(=O)Nc1ccccc1C(=O)O[C@@H](C(=O)c1ccccc1)c1ccc(Cl)cc1. The van der Waals surface area contributed by atoms with Gasteiger partial charge in [-0.2, -0.15) is 0 Å². The Bertz CT molecular complexity index is 1050. The third kappa shape index (κ3) is 5.13. The zero-order valence-corrected chi connectivity index (χ0v) is 17.1. The van der Waals surface area contributed by atoms with Crippen molar-refractivity contribution in [1.29, 1.82) is 0 Å². The van der Waals surface area contributed by atoms with Crippen molar-refractivity contribution < 1.29 is 19.1 Å². The maximum atomic E-state index is 13.1. The standard InChI is InChI=1S/C24H20ClNO4/c1-2-21(27)26-20-11-7-6-10-19(20)24(29)30-23(17-12-14-18(25)15-13-17)22(28)16-8-4-3-5-9-16/h3-15,23H,2H2,1H3,(H,26,27)/t23-/m1/s1. The highest BCUT2D eigenvalue weighted by Gasteiger charge is 2.27. The molecule has 0 saturated carbocycles. The Morgan fingerprint density at radius 1 is 0.900 bits per heavy atom. The van der Waals surface area contributed by atoms with Crippen LogP contribution in [0.2, 0.25) is 5.02 Å². The van der Waals surface area contributed by atoms with Gasteiger partial charge in [-0.25, -0.2) is 4.79 Å². The topological polar surface area (TPSA) is 72.5 Å². The van der Waals surface area contributed by atoms with Crippen LogP contribution in [-0.2, 0) is 9.53 Å². The van der Waals surface area contributed by atoms with Crippen molar-refractivity contribution in [2.24, 2.45) is 0 Å². The summed E-state index contributed by atoms with van der Waals surface area (Å²) in [6, 6.07) is 21.7. The molecule has 0 saturated heterocycles. The van der Waals surface area contributed by atoms with Gasteiger partial charge in [-0.05, 0) is 24.3 Å². The predicted octanol–water partition coefficient (Wildman–Crippen LogP) is 5.47. The predicted molar refractivity (Wildman–Crippen MR) is 116 cm³/mol. The van der Waals surface area contributed by atoms with Crippen LogP contribution in [0, 0.1) is 0 Å². The summed E-state index contributed by atoms with van der Waals surface area (Å²) in [4.78, 5) is 37.9. The van der Waals surface area contributed by atoms with Crippen molar-refractivity contribution in [3.05, 3.63) is 101 Å². The molecule has 0 aliphatic carbocycles. The van der Waals surface area contributed by atoms with Gasteiger partial charge in [0, 0.05) is 22.6 Å². The van der Waals surface area contributed by atoms with Gasteiger partial charge >= 0.3 is 5.97 Å². The quantitative estimate of drug-likeness (QED) is 0.405. The van der Waals surface area contributed by atoms with Crippen LogP contribution in [0.15, 0.2) is 78.9 Å². The first kappa shape index (κ1) is 21.3. The largest absolute Gasteiger partial charge is 0.445 e. The first-order valence-corrected chi connectivity index (χ1v) is 9.82. The molecular weight excluding hydrogens is 402 g/mol. The molecule has 0 aliphatic rings. The minimum absolute atomic E-state index is 0.166. The second kappa shape index (κ2) is 9.85. The maximum Gasteiger partial charge on any atom is 0.341 e. The number of ether oxygens (including phenoxy) is 1. The second-order valence-corrected chi connectivity index (χ2v) is 6.95. The van der Waals surface area contributed by atoms with Crippen LogP contribution in [0.4, 0.5) is 5.69 Å². The second-order valence-electron chi connectivity index (χ2n) is 6.51. The zero-order chi connectivity index (χ0) is 21.5. The van der Waals surface area contributed by atoms with E-state index >= 15 is 0 Å². The van der Waals surface area contributed by atoms with Crippen LogP contribution in [0.5, 0.6) is 0 Å². The number of carbonyl (C=O) groups excluding carboxylic acids is 3. The first-order valence-electron chi connectivity index (χ1n) is 9.44. The van der Waals surface area contributed by atoms with Gasteiger partial charge < -0.3 is 10.1 Å². The van der Waals surface area contributed by atoms with Gasteiger partial charge in [0.05, 0.1) is 11.3 Å². The Hall–Kier alpha value is -3.44. The summed E-state index contributed by atoms with van der Waals surface area (Å²) < 4.78 is 5.65. The molecule has 0 aromatic heterocycles. The fraction of sp³-hybridized carbons (Fsp3) is 0.125. The van der Waals surface area contributed by atoms with Crippen molar-refractivity contribution in [2.75, 3.05) is 5.32 Å². The van der Waals surface area contributed by atoms with Crippen LogP contribution < -0.4 is 5.32 Å². The molecule has 3 aromatic carbocycles. The lowest BCUT2D eigenvalue weighted by atomic mass is 9.99. The van der Waals surface area contributed by atoms with Gasteiger partial charge in [0.15, 0.2) is 6.10 Å². The van der Waals surface area contributed by atoms with E-state index in [1.54, 1.807) is 85.8 Å². The van der Waals surface area contributed by atoms with Crippen LogP contribution in [-0.4, -0.2) is 17.7 Å². The van der Waals surface area contributed by atoms with Crippen LogP contribution in [0.3, 0.4) is 0 Å². The molecule has 0 bridgehead atoms. The highest BCUT2D eigenvalue weighted by molar-refractivity contribution is 6.30. The molecule has 0 fully saturated rings. The number of anilines is 1. The third-order valence-corrected chi connectivity index (χ3v) is 4.69. The first-order chi connectivity index (χ1) is 14.5. The monoisotopic (exact) mass is 421 g/mol. The van der Waals surface area contributed by atoms with Gasteiger partial charge in [-0.15, -0.1) is 0 Å². The summed E-state index contributed by atoms with van der Waals surface area (Å²) in [6.07, 6.45) is -0.893. The van der Waals surface area contributed by atoms with E-state index in [0.717, 1.165) is 0 Å². The minimum Gasteiger partial charge on any atom is -0.445 e. The molecule has 0 heterocycles. The van der Waals surface area contributed by atoms with Crippen LogP contribution >= 0.6 is 11.6 Å². The molecule has 1 N–H and O–H groups in total. The number of amides is 1. The van der Waals surface area contributed by atoms with E-state index in [9.17, 15) is 14.4 Å². The maximum absolute atomic E-state index is 13.1. The van der Waals surface area contributed by atoms with Crippen LogP contribution in [0.25, 0.3) is 0 Å². The Balaban J connectivity index is 1.94. The van der Waals surface area contributed by atoms with E-state index in [4.69, 9.17) is 16.3 Å². The summed E-state index contributed by atoms with van der Waals surface area (Å²) in [5.41, 5.74) is 1.41. The number of hydrogen-bond donors (Lipinski definition) is 1. The van der Waals surface area contributed by atoms with Crippen LogP contribution in [0.1, 0.15) is 45.7 Å². The van der Waals surface area contributed by atoms with Gasteiger partial charge in [0.2, 0.25) is 11.7 Å². The highest BCUT2D eigenvalue weighted by Crippen LogP contribution is 2.27. The average molecular weight is 422 g/mol. The van der Waals surface area contributed by atoms with Crippen molar-refractivity contribution in [1.82, 2.24) is 0 Å². The molecule has 0 unspecified atom stereocenters.